The molecule has 0 fully saturated rings. The Balaban J connectivity index is 4.65. The molecular formula is C14H30N2O. The summed E-state index contributed by atoms with van der Waals surface area (Å²) < 4.78 is 0. The lowest BCUT2D eigenvalue weighted by molar-refractivity contribution is -0.134. The van der Waals surface area contributed by atoms with Crippen LogP contribution in [0.25, 0.3) is 0 Å². The Morgan fingerprint density at radius 3 is 2.12 bits per heavy atom. The summed E-state index contributed by atoms with van der Waals surface area (Å²) in [6, 6.07) is 0. The van der Waals surface area contributed by atoms with E-state index in [1.54, 1.807) is 0 Å². The second-order valence-corrected chi connectivity index (χ2v) is 6.71. The minimum atomic E-state index is -0.299. The second kappa shape index (κ2) is 6.39. The molecule has 0 saturated carbocycles. The van der Waals surface area contributed by atoms with Crippen LogP contribution >= 0.6 is 0 Å². The molecule has 0 aromatic rings. The SMILES string of the molecule is CC(C)C(C)(CC(C)(C)C)C(=O)NCCCN. The molecule has 0 saturated heterocycles. The fourth-order valence-electron chi connectivity index (χ4n) is 2.15. The minimum Gasteiger partial charge on any atom is -0.356 e. The molecule has 0 bridgehead atoms. The maximum absolute atomic E-state index is 12.3. The molecule has 3 nitrogen and oxygen atoms in total. The number of hydrogen-bond donors (Lipinski definition) is 2. The molecule has 0 spiro atoms. The van der Waals surface area contributed by atoms with Gasteiger partial charge in [-0.2, -0.15) is 0 Å². The van der Waals surface area contributed by atoms with Gasteiger partial charge < -0.3 is 11.1 Å². The van der Waals surface area contributed by atoms with E-state index >= 15 is 0 Å². The number of rotatable bonds is 6. The maximum Gasteiger partial charge on any atom is 0.226 e. The lowest BCUT2D eigenvalue weighted by atomic mass is 9.68. The number of carbonyl (C=O) groups is 1. The van der Waals surface area contributed by atoms with Gasteiger partial charge in [-0.05, 0) is 30.7 Å². The molecule has 0 aromatic heterocycles. The van der Waals surface area contributed by atoms with Gasteiger partial charge in [0.1, 0.15) is 0 Å². The first-order chi connectivity index (χ1) is 7.63. The molecule has 0 rings (SSSR count). The van der Waals surface area contributed by atoms with Gasteiger partial charge in [0.05, 0.1) is 0 Å². The Kier molecular flexibility index (Phi) is 6.17. The number of hydrogen-bond acceptors (Lipinski definition) is 2. The molecule has 1 atom stereocenters. The van der Waals surface area contributed by atoms with Crippen LogP contribution in [-0.2, 0) is 4.79 Å². The summed E-state index contributed by atoms with van der Waals surface area (Å²) in [6.07, 6.45) is 1.74. The van der Waals surface area contributed by atoms with Crippen LogP contribution in [0.5, 0.6) is 0 Å². The van der Waals surface area contributed by atoms with E-state index in [-0.39, 0.29) is 16.7 Å². The van der Waals surface area contributed by atoms with E-state index in [0.717, 1.165) is 12.8 Å². The van der Waals surface area contributed by atoms with Gasteiger partial charge in [0.15, 0.2) is 0 Å². The molecule has 0 heterocycles. The van der Waals surface area contributed by atoms with E-state index in [0.29, 0.717) is 19.0 Å². The zero-order valence-electron chi connectivity index (χ0n) is 12.4. The topological polar surface area (TPSA) is 55.1 Å². The van der Waals surface area contributed by atoms with Crippen LogP contribution in [0, 0.1) is 16.7 Å². The lowest BCUT2D eigenvalue weighted by Gasteiger charge is -2.37. The van der Waals surface area contributed by atoms with Crippen molar-refractivity contribution in [2.75, 3.05) is 13.1 Å². The molecule has 0 aliphatic carbocycles. The van der Waals surface area contributed by atoms with E-state index in [2.05, 4.69) is 46.9 Å². The van der Waals surface area contributed by atoms with E-state index in [9.17, 15) is 4.79 Å². The van der Waals surface area contributed by atoms with Crippen molar-refractivity contribution < 1.29 is 4.79 Å². The standard InChI is InChI=1S/C14H30N2O/c1-11(2)14(6,10-13(3,4)5)12(17)16-9-7-8-15/h11H,7-10,15H2,1-6H3,(H,16,17). The molecule has 3 heteroatoms. The average molecular weight is 242 g/mol. The molecule has 0 aliphatic heterocycles. The van der Waals surface area contributed by atoms with Crippen molar-refractivity contribution in [2.45, 2.75) is 54.4 Å². The summed E-state index contributed by atoms with van der Waals surface area (Å²) in [4.78, 5) is 12.3. The Hall–Kier alpha value is -0.570. The Bertz CT molecular complexity index is 243. The van der Waals surface area contributed by atoms with Gasteiger partial charge in [0, 0.05) is 12.0 Å². The van der Waals surface area contributed by atoms with E-state index in [1.807, 2.05) is 0 Å². The zero-order valence-corrected chi connectivity index (χ0v) is 12.4. The van der Waals surface area contributed by atoms with Crippen molar-refractivity contribution in [3.63, 3.8) is 0 Å². The van der Waals surface area contributed by atoms with Crippen molar-refractivity contribution in [3.05, 3.63) is 0 Å². The van der Waals surface area contributed by atoms with Crippen LogP contribution in [-0.4, -0.2) is 19.0 Å². The van der Waals surface area contributed by atoms with Crippen LogP contribution < -0.4 is 11.1 Å². The van der Waals surface area contributed by atoms with Crippen LogP contribution in [0.3, 0.4) is 0 Å². The molecule has 1 unspecified atom stereocenters. The first-order valence-corrected chi connectivity index (χ1v) is 6.62. The molecule has 1 amide bonds. The second-order valence-electron chi connectivity index (χ2n) is 6.71. The monoisotopic (exact) mass is 242 g/mol. The lowest BCUT2D eigenvalue weighted by Crippen LogP contribution is -2.45. The highest BCUT2D eigenvalue weighted by molar-refractivity contribution is 5.82. The molecule has 0 aliphatic rings. The van der Waals surface area contributed by atoms with Crippen LogP contribution in [0.15, 0.2) is 0 Å². The largest absolute Gasteiger partial charge is 0.356 e. The first-order valence-electron chi connectivity index (χ1n) is 6.62. The average Bonchev–Trinajstić information content (AvgIpc) is 2.14. The van der Waals surface area contributed by atoms with Gasteiger partial charge in [-0.1, -0.05) is 41.5 Å². The number of amides is 1. The van der Waals surface area contributed by atoms with E-state index in [4.69, 9.17) is 5.73 Å². The molecule has 0 aromatic carbocycles. The Morgan fingerprint density at radius 2 is 1.76 bits per heavy atom. The first kappa shape index (κ1) is 16.4. The predicted octanol–water partition coefficient (Wildman–Crippen LogP) is 2.55. The third kappa shape index (κ3) is 5.53. The van der Waals surface area contributed by atoms with Gasteiger partial charge >= 0.3 is 0 Å². The predicted molar refractivity (Wildman–Crippen MR) is 73.7 cm³/mol. The molecule has 0 radical (unpaired) electrons. The molecule has 17 heavy (non-hydrogen) atoms. The normalized spacial score (nSPS) is 15.8. The maximum atomic E-state index is 12.3. The number of carbonyl (C=O) groups excluding carboxylic acids is 1. The van der Waals surface area contributed by atoms with Crippen LogP contribution in [0.1, 0.15) is 54.4 Å². The van der Waals surface area contributed by atoms with Gasteiger partial charge in [0.2, 0.25) is 5.91 Å². The quantitative estimate of drug-likeness (QED) is 0.703. The summed E-state index contributed by atoms with van der Waals surface area (Å²) in [5, 5.41) is 3.01. The highest BCUT2D eigenvalue weighted by Gasteiger charge is 2.39. The summed E-state index contributed by atoms with van der Waals surface area (Å²) >= 11 is 0. The van der Waals surface area contributed by atoms with Crippen LogP contribution in [0.2, 0.25) is 0 Å². The summed E-state index contributed by atoms with van der Waals surface area (Å²) in [5.41, 5.74) is 5.29. The van der Waals surface area contributed by atoms with Crippen molar-refractivity contribution in [1.29, 1.82) is 0 Å². The van der Waals surface area contributed by atoms with Crippen LogP contribution in [0.4, 0.5) is 0 Å². The summed E-state index contributed by atoms with van der Waals surface area (Å²) in [5.74, 6) is 0.496. The Labute approximate surface area is 107 Å². The summed E-state index contributed by atoms with van der Waals surface area (Å²) in [6.45, 7) is 14.2. The highest BCUT2D eigenvalue weighted by Crippen LogP contribution is 2.39. The summed E-state index contributed by atoms with van der Waals surface area (Å²) in [7, 11) is 0. The molecular weight excluding hydrogens is 212 g/mol. The third-order valence-corrected chi connectivity index (χ3v) is 3.36. The van der Waals surface area contributed by atoms with Gasteiger partial charge in [-0.3, -0.25) is 4.79 Å². The van der Waals surface area contributed by atoms with Crippen molar-refractivity contribution in [3.8, 4) is 0 Å². The fourth-order valence-corrected chi connectivity index (χ4v) is 2.15. The van der Waals surface area contributed by atoms with Crippen molar-refractivity contribution in [2.24, 2.45) is 22.5 Å². The molecule has 102 valence electrons. The highest BCUT2D eigenvalue weighted by atomic mass is 16.2. The molecule has 3 N–H and O–H groups in total. The fraction of sp³-hybridized carbons (Fsp3) is 0.929. The van der Waals surface area contributed by atoms with Crippen molar-refractivity contribution in [1.82, 2.24) is 5.32 Å². The Morgan fingerprint density at radius 1 is 1.24 bits per heavy atom. The van der Waals surface area contributed by atoms with Crippen molar-refractivity contribution >= 4 is 5.91 Å². The smallest absolute Gasteiger partial charge is 0.226 e. The van der Waals surface area contributed by atoms with E-state index < -0.39 is 0 Å². The minimum absolute atomic E-state index is 0.157. The van der Waals surface area contributed by atoms with E-state index in [1.165, 1.54) is 0 Å². The zero-order chi connectivity index (χ0) is 13.7. The third-order valence-electron chi connectivity index (χ3n) is 3.36. The van der Waals surface area contributed by atoms with Gasteiger partial charge in [0.25, 0.3) is 0 Å². The van der Waals surface area contributed by atoms with Gasteiger partial charge in [-0.25, -0.2) is 0 Å². The van der Waals surface area contributed by atoms with Gasteiger partial charge in [-0.15, -0.1) is 0 Å². The number of nitrogens with two attached hydrogens (primary N) is 1. The number of nitrogens with one attached hydrogen (secondary N) is 1.